The number of allylic oxidation sites excluding steroid dienone is 4. The number of carboxylic acid groups (broad SMARTS) is 1. The van der Waals surface area contributed by atoms with Crippen molar-refractivity contribution >= 4 is 5.97 Å². The fraction of sp³-hybridized carbons (Fsp3) is 0.884. The van der Waals surface area contributed by atoms with Gasteiger partial charge in [0.15, 0.2) is 6.29 Å². The molecule has 0 aromatic rings. The number of carbonyl (C=O) groups is 1. The van der Waals surface area contributed by atoms with E-state index in [1.54, 1.807) is 5.57 Å². The van der Waals surface area contributed by atoms with E-state index in [9.17, 15) is 35.4 Å². The third kappa shape index (κ3) is 13.6. The van der Waals surface area contributed by atoms with Crippen LogP contribution in [0.4, 0.5) is 0 Å². The van der Waals surface area contributed by atoms with Crippen molar-refractivity contribution in [3.63, 3.8) is 0 Å². The number of hydrogen-bond donors (Lipinski definition) is 6. The summed E-state index contributed by atoms with van der Waals surface area (Å²) in [6, 6.07) is 0. The Morgan fingerprint density at radius 3 is 1.92 bits per heavy atom. The molecule has 0 bridgehead atoms. The molecule has 3 aliphatic carbocycles. The predicted molar refractivity (Wildman–Crippen MR) is 202 cm³/mol. The normalized spacial score (nSPS) is 29.6. The van der Waals surface area contributed by atoms with E-state index >= 15 is 0 Å². The van der Waals surface area contributed by atoms with Gasteiger partial charge in [-0.2, -0.15) is 0 Å². The lowest BCUT2D eigenvalue weighted by atomic mass is 9.64. The lowest BCUT2D eigenvalue weighted by molar-refractivity contribution is -0.141. The number of fused-ring (bicyclic) bond motifs is 2. The van der Waals surface area contributed by atoms with Gasteiger partial charge in [-0.3, -0.25) is 4.79 Å². The molecule has 0 aliphatic heterocycles. The number of hydrogen-bond acceptors (Lipinski definition) is 6. The zero-order valence-electron chi connectivity index (χ0n) is 32.5. The van der Waals surface area contributed by atoms with Crippen LogP contribution in [0.15, 0.2) is 23.8 Å². The quantitative estimate of drug-likeness (QED) is 0.0525. The topological polar surface area (TPSA) is 138 Å². The van der Waals surface area contributed by atoms with E-state index in [0.29, 0.717) is 53.8 Å². The Kier molecular flexibility index (Phi) is 18.5. The Hall–Kier alpha value is -1.25. The van der Waals surface area contributed by atoms with Gasteiger partial charge in [-0.15, -0.1) is 0 Å². The molecule has 6 N–H and O–H groups in total. The van der Waals surface area contributed by atoms with Gasteiger partial charge in [0.05, 0.1) is 5.92 Å². The molecule has 7 heteroatoms. The molecule has 0 aromatic heterocycles. The molecular weight excluding hydrogens is 628 g/mol. The van der Waals surface area contributed by atoms with E-state index in [1.807, 2.05) is 20.8 Å². The van der Waals surface area contributed by atoms with E-state index < -0.39 is 12.3 Å². The van der Waals surface area contributed by atoms with Crippen molar-refractivity contribution in [2.75, 3.05) is 19.8 Å². The molecule has 0 saturated heterocycles. The van der Waals surface area contributed by atoms with Crippen LogP contribution in [0.3, 0.4) is 0 Å². The van der Waals surface area contributed by atoms with Crippen molar-refractivity contribution in [2.45, 2.75) is 138 Å². The average molecular weight is 705 g/mol. The van der Waals surface area contributed by atoms with Gasteiger partial charge < -0.3 is 30.6 Å². The fourth-order valence-corrected chi connectivity index (χ4v) is 10.4. The standard InChI is InChI=1S/C43H76O7/c1-27(16-33(26-46)17-29(3)24-44)15-28(2)18-40(20-31(5)42(47)48)38-13-9-34-8-12-37-23-39(14-10-35(37)7-11-36(34)22-38)41(19-30(4)25-45)21-32(6)43(49)50/h10,14,22,27-35,37-42,44-48H,7-9,11-13,15-21,23-26H2,1-6H3,(H,49,50)/t27?,28?,29?,30-,31?,32?,33?,34+,35+,37?,38?,39?,40?,41?/m1/s1. The number of aliphatic carboxylic acids is 1. The third-order valence-electron chi connectivity index (χ3n) is 13.3. The molecule has 0 spiro atoms. The molecule has 3 rings (SSSR count). The van der Waals surface area contributed by atoms with Crippen molar-refractivity contribution in [1.29, 1.82) is 0 Å². The summed E-state index contributed by atoms with van der Waals surface area (Å²) in [5, 5.41) is 59.0. The van der Waals surface area contributed by atoms with Crippen molar-refractivity contribution in [2.24, 2.45) is 82.9 Å². The molecule has 7 nitrogen and oxygen atoms in total. The lowest BCUT2D eigenvalue weighted by Gasteiger charge is -2.41. The summed E-state index contributed by atoms with van der Waals surface area (Å²) in [5.74, 6) is 3.69. The van der Waals surface area contributed by atoms with Crippen LogP contribution in [0, 0.1) is 82.9 Å². The first kappa shape index (κ1) is 43.2. The SMILES string of the molecule is CC(CO)CC(CO)CC(C)CC(C)CC(CC(C)C(O)O)C1C=C2CC[C@H]3C=CC(C(CC(C)C(=O)O)C[C@@H](C)CO)CC3CC[C@H]2CC1. The van der Waals surface area contributed by atoms with Crippen molar-refractivity contribution in [3.05, 3.63) is 23.8 Å². The third-order valence-corrected chi connectivity index (χ3v) is 13.3. The maximum absolute atomic E-state index is 11.7. The van der Waals surface area contributed by atoms with Crippen LogP contribution in [0.1, 0.15) is 131 Å². The maximum Gasteiger partial charge on any atom is 0.306 e. The molecule has 50 heavy (non-hydrogen) atoms. The van der Waals surface area contributed by atoms with Crippen molar-refractivity contribution < 1.29 is 35.4 Å². The van der Waals surface area contributed by atoms with Crippen LogP contribution in [-0.4, -0.2) is 62.7 Å². The Labute approximate surface area is 305 Å². The van der Waals surface area contributed by atoms with E-state index in [-0.39, 0.29) is 55.3 Å². The summed E-state index contributed by atoms with van der Waals surface area (Å²) in [5.41, 5.74) is 1.63. The maximum atomic E-state index is 11.7. The van der Waals surface area contributed by atoms with E-state index in [4.69, 9.17) is 0 Å². The largest absolute Gasteiger partial charge is 0.481 e. The second-order valence-electron chi connectivity index (χ2n) is 18.1. The molecule has 0 amide bonds. The van der Waals surface area contributed by atoms with Crippen LogP contribution >= 0.6 is 0 Å². The first-order valence-electron chi connectivity index (χ1n) is 20.5. The number of aliphatic hydroxyl groups is 5. The van der Waals surface area contributed by atoms with Gasteiger partial charge in [-0.05, 0) is 161 Å². The highest BCUT2D eigenvalue weighted by atomic mass is 16.5. The minimum absolute atomic E-state index is 0.146. The van der Waals surface area contributed by atoms with E-state index in [0.717, 1.165) is 64.2 Å². The average Bonchev–Trinajstić information content (AvgIpc) is 3.07. The monoisotopic (exact) mass is 705 g/mol. The van der Waals surface area contributed by atoms with Crippen molar-refractivity contribution in [1.82, 2.24) is 0 Å². The Morgan fingerprint density at radius 2 is 1.28 bits per heavy atom. The number of carboxylic acids is 1. The lowest BCUT2D eigenvalue weighted by Crippen LogP contribution is -2.31. The minimum atomic E-state index is -1.30. The molecule has 0 radical (unpaired) electrons. The van der Waals surface area contributed by atoms with Gasteiger partial charge in [0.25, 0.3) is 0 Å². The smallest absolute Gasteiger partial charge is 0.306 e. The van der Waals surface area contributed by atoms with Crippen LogP contribution in [-0.2, 0) is 4.79 Å². The second-order valence-corrected chi connectivity index (χ2v) is 18.1. The fourth-order valence-electron chi connectivity index (χ4n) is 10.4. The molecule has 14 atom stereocenters. The first-order valence-corrected chi connectivity index (χ1v) is 20.5. The van der Waals surface area contributed by atoms with Gasteiger partial charge in [-0.1, -0.05) is 65.3 Å². The van der Waals surface area contributed by atoms with Gasteiger partial charge >= 0.3 is 5.97 Å². The van der Waals surface area contributed by atoms with E-state index in [1.165, 1.54) is 19.3 Å². The molecule has 290 valence electrons. The minimum Gasteiger partial charge on any atom is -0.481 e. The molecule has 11 unspecified atom stereocenters. The van der Waals surface area contributed by atoms with Crippen molar-refractivity contribution in [3.8, 4) is 0 Å². The van der Waals surface area contributed by atoms with Crippen LogP contribution in [0.2, 0.25) is 0 Å². The molecule has 0 heterocycles. The summed E-state index contributed by atoms with van der Waals surface area (Å²) in [4.78, 5) is 11.7. The second kappa shape index (κ2) is 21.5. The first-order chi connectivity index (χ1) is 23.7. The Balaban J connectivity index is 1.69. The highest BCUT2D eigenvalue weighted by molar-refractivity contribution is 5.69. The summed E-state index contributed by atoms with van der Waals surface area (Å²) in [6.45, 7) is 13.0. The molecule has 1 saturated carbocycles. The zero-order valence-corrected chi connectivity index (χ0v) is 32.5. The summed E-state index contributed by atoms with van der Waals surface area (Å²) in [7, 11) is 0. The van der Waals surface area contributed by atoms with Gasteiger partial charge in [0.1, 0.15) is 0 Å². The van der Waals surface area contributed by atoms with Gasteiger partial charge in [0, 0.05) is 25.7 Å². The molecular formula is C43H76O7. The molecule has 1 fully saturated rings. The molecule has 0 aromatic carbocycles. The Morgan fingerprint density at radius 1 is 0.680 bits per heavy atom. The van der Waals surface area contributed by atoms with Crippen LogP contribution in [0.25, 0.3) is 0 Å². The molecule has 3 aliphatic rings. The number of rotatable bonds is 21. The summed E-state index contributed by atoms with van der Waals surface area (Å²) < 4.78 is 0. The van der Waals surface area contributed by atoms with Gasteiger partial charge in [-0.25, -0.2) is 0 Å². The highest BCUT2D eigenvalue weighted by Gasteiger charge is 2.37. The van der Waals surface area contributed by atoms with Crippen LogP contribution < -0.4 is 0 Å². The van der Waals surface area contributed by atoms with E-state index in [2.05, 4.69) is 39.0 Å². The van der Waals surface area contributed by atoms with Gasteiger partial charge in [0.2, 0.25) is 0 Å². The predicted octanol–water partition coefficient (Wildman–Crippen LogP) is 8.09. The highest BCUT2D eigenvalue weighted by Crippen LogP contribution is 2.48. The Bertz CT molecular complexity index is 1040. The number of aliphatic hydroxyl groups excluding tert-OH is 4. The van der Waals surface area contributed by atoms with Crippen LogP contribution in [0.5, 0.6) is 0 Å². The summed E-state index contributed by atoms with van der Waals surface area (Å²) >= 11 is 0. The summed E-state index contributed by atoms with van der Waals surface area (Å²) in [6.07, 6.45) is 20.7. The zero-order chi connectivity index (χ0) is 37.0.